The van der Waals surface area contributed by atoms with Crippen LogP contribution in [0.5, 0.6) is 0 Å². The summed E-state index contributed by atoms with van der Waals surface area (Å²) in [5.74, 6) is 0.00533. The molecule has 1 saturated heterocycles. The molecule has 1 heterocycles. The van der Waals surface area contributed by atoms with Crippen LogP contribution in [0.25, 0.3) is 6.08 Å². The van der Waals surface area contributed by atoms with Crippen LogP contribution in [0, 0.1) is 6.92 Å². The molecule has 0 radical (unpaired) electrons. The first-order valence-electron chi connectivity index (χ1n) is 6.08. The standard InChI is InChI=1S/C14H14N2OS/c1-9-4-2-3-5-10(9)8-12-13(17)16(11-6-7-11)14(18)15-12/h2-5,8,11H,6-7H2,1H3,(H,15,18)/b12-8+. The van der Waals surface area contributed by atoms with E-state index >= 15 is 0 Å². The minimum Gasteiger partial charge on any atom is -0.328 e. The lowest BCUT2D eigenvalue weighted by Gasteiger charge is -2.11. The van der Waals surface area contributed by atoms with Crippen LogP contribution in [0.15, 0.2) is 30.0 Å². The fourth-order valence-electron chi connectivity index (χ4n) is 2.12. The maximum atomic E-state index is 12.2. The molecule has 1 N–H and O–H groups in total. The molecule has 4 heteroatoms. The number of hydrogen-bond acceptors (Lipinski definition) is 2. The van der Waals surface area contributed by atoms with Crippen LogP contribution in [0.2, 0.25) is 0 Å². The quantitative estimate of drug-likeness (QED) is 0.652. The van der Waals surface area contributed by atoms with Gasteiger partial charge < -0.3 is 5.32 Å². The summed E-state index contributed by atoms with van der Waals surface area (Å²) in [4.78, 5) is 13.9. The van der Waals surface area contributed by atoms with Crippen molar-refractivity contribution in [2.45, 2.75) is 25.8 Å². The Morgan fingerprint density at radius 3 is 2.78 bits per heavy atom. The van der Waals surface area contributed by atoms with Crippen LogP contribution < -0.4 is 5.32 Å². The fraction of sp³-hybridized carbons (Fsp3) is 0.286. The van der Waals surface area contributed by atoms with Gasteiger partial charge in [0.05, 0.1) is 0 Å². The summed E-state index contributed by atoms with van der Waals surface area (Å²) in [5, 5.41) is 3.56. The Morgan fingerprint density at radius 1 is 1.39 bits per heavy atom. The maximum Gasteiger partial charge on any atom is 0.276 e. The number of hydrogen-bond donors (Lipinski definition) is 1. The highest BCUT2D eigenvalue weighted by Crippen LogP contribution is 2.31. The summed E-state index contributed by atoms with van der Waals surface area (Å²) in [6.45, 7) is 2.03. The van der Waals surface area contributed by atoms with Crippen molar-refractivity contribution in [2.75, 3.05) is 0 Å². The zero-order valence-corrected chi connectivity index (χ0v) is 11.0. The zero-order valence-electron chi connectivity index (χ0n) is 10.1. The molecule has 92 valence electrons. The Kier molecular flexibility index (Phi) is 2.67. The van der Waals surface area contributed by atoms with E-state index in [2.05, 4.69) is 5.32 Å². The number of benzene rings is 1. The van der Waals surface area contributed by atoms with E-state index < -0.39 is 0 Å². The number of thiocarbonyl (C=S) groups is 1. The minimum absolute atomic E-state index is 0.00533. The lowest BCUT2D eigenvalue weighted by atomic mass is 10.1. The minimum atomic E-state index is 0.00533. The van der Waals surface area contributed by atoms with Gasteiger partial charge in [0, 0.05) is 6.04 Å². The van der Waals surface area contributed by atoms with E-state index in [1.807, 2.05) is 37.3 Å². The van der Waals surface area contributed by atoms with Gasteiger partial charge in [-0.2, -0.15) is 0 Å². The molecule has 1 aliphatic carbocycles. The number of rotatable bonds is 2. The molecule has 0 atom stereocenters. The Morgan fingerprint density at radius 2 is 2.11 bits per heavy atom. The van der Waals surface area contributed by atoms with Crippen molar-refractivity contribution in [2.24, 2.45) is 0 Å². The highest BCUT2D eigenvalue weighted by atomic mass is 32.1. The van der Waals surface area contributed by atoms with Crippen molar-refractivity contribution >= 4 is 29.3 Å². The van der Waals surface area contributed by atoms with Crippen molar-refractivity contribution in [1.82, 2.24) is 10.2 Å². The van der Waals surface area contributed by atoms with Gasteiger partial charge in [-0.3, -0.25) is 9.69 Å². The molecule has 1 aromatic rings. The number of nitrogens with one attached hydrogen (secondary N) is 1. The second-order valence-corrected chi connectivity index (χ2v) is 5.14. The van der Waals surface area contributed by atoms with Crippen molar-refractivity contribution in [3.63, 3.8) is 0 Å². The molecular formula is C14H14N2OS. The Hall–Kier alpha value is -1.68. The molecule has 18 heavy (non-hydrogen) atoms. The lowest BCUT2D eigenvalue weighted by molar-refractivity contribution is -0.122. The predicted molar refractivity (Wildman–Crippen MR) is 74.8 cm³/mol. The highest BCUT2D eigenvalue weighted by Gasteiger charge is 2.41. The summed E-state index contributed by atoms with van der Waals surface area (Å²) in [6, 6.07) is 8.31. The van der Waals surface area contributed by atoms with Gasteiger partial charge in [-0.25, -0.2) is 0 Å². The summed E-state index contributed by atoms with van der Waals surface area (Å²) in [6.07, 6.45) is 4.00. The van der Waals surface area contributed by atoms with Gasteiger partial charge in [-0.05, 0) is 49.2 Å². The van der Waals surface area contributed by atoms with E-state index in [-0.39, 0.29) is 5.91 Å². The second kappa shape index (κ2) is 4.21. The van der Waals surface area contributed by atoms with Gasteiger partial charge in [0.2, 0.25) is 0 Å². The molecular weight excluding hydrogens is 244 g/mol. The smallest absolute Gasteiger partial charge is 0.276 e. The molecule has 3 nitrogen and oxygen atoms in total. The highest BCUT2D eigenvalue weighted by molar-refractivity contribution is 7.80. The van der Waals surface area contributed by atoms with E-state index in [4.69, 9.17) is 12.2 Å². The molecule has 2 fully saturated rings. The van der Waals surface area contributed by atoms with Gasteiger partial charge in [-0.15, -0.1) is 0 Å². The van der Waals surface area contributed by atoms with Crippen molar-refractivity contribution in [1.29, 1.82) is 0 Å². The third kappa shape index (κ3) is 1.93. The molecule has 1 aromatic carbocycles. The van der Waals surface area contributed by atoms with Gasteiger partial charge in [-0.1, -0.05) is 24.3 Å². The van der Waals surface area contributed by atoms with E-state index in [0.29, 0.717) is 16.9 Å². The summed E-state index contributed by atoms with van der Waals surface area (Å²) < 4.78 is 0. The van der Waals surface area contributed by atoms with Crippen molar-refractivity contribution < 1.29 is 4.79 Å². The van der Waals surface area contributed by atoms with Crippen LogP contribution in [0.3, 0.4) is 0 Å². The molecule has 1 aliphatic heterocycles. The molecule has 0 bridgehead atoms. The zero-order chi connectivity index (χ0) is 12.7. The molecule has 2 aliphatic rings. The summed E-state index contributed by atoms with van der Waals surface area (Å²) in [5.41, 5.74) is 2.78. The topological polar surface area (TPSA) is 32.3 Å². The Balaban J connectivity index is 1.92. The van der Waals surface area contributed by atoms with E-state index in [0.717, 1.165) is 24.0 Å². The number of carbonyl (C=O) groups excluding carboxylic acids is 1. The van der Waals surface area contributed by atoms with Crippen LogP contribution in [-0.4, -0.2) is 22.0 Å². The first-order valence-corrected chi connectivity index (χ1v) is 6.49. The monoisotopic (exact) mass is 258 g/mol. The first-order chi connectivity index (χ1) is 8.66. The number of aryl methyl sites for hydroxylation is 1. The van der Waals surface area contributed by atoms with E-state index in [1.54, 1.807) is 4.90 Å². The molecule has 0 spiro atoms. The van der Waals surface area contributed by atoms with Crippen LogP contribution >= 0.6 is 12.2 Å². The number of amides is 1. The van der Waals surface area contributed by atoms with E-state index in [1.165, 1.54) is 0 Å². The molecule has 3 rings (SSSR count). The van der Waals surface area contributed by atoms with Gasteiger partial charge in [0.1, 0.15) is 5.70 Å². The lowest BCUT2D eigenvalue weighted by Crippen LogP contribution is -2.32. The third-order valence-electron chi connectivity index (χ3n) is 3.31. The molecule has 0 unspecified atom stereocenters. The van der Waals surface area contributed by atoms with Gasteiger partial charge in [0.25, 0.3) is 5.91 Å². The first kappa shape index (κ1) is 11.4. The van der Waals surface area contributed by atoms with Crippen LogP contribution in [0.4, 0.5) is 0 Å². The maximum absolute atomic E-state index is 12.2. The Bertz CT molecular complexity index is 561. The molecule has 0 aromatic heterocycles. The summed E-state index contributed by atoms with van der Waals surface area (Å²) in [7, 11) is 0. The summed E-state index contributed by atoms with van der Waals surface area (Å²) >= 11 is 5.21. The van der Waals surface area contributed by atoms with Crippen LogP contribution in [-0.2, 0) is 4.79 Å². The van der Waals surface area contributed by atoms with Crippen molar-refractivity contribution in [3.8, 4) is 0 Å². The van der Waals surface area contributed by atoms with E-state index in [9.17, 15) is 4.79 Å². The molecule has 1 amide bonds. The van der Waals surface area contributed by atoms with Gasteiger partial charge >= 0.3 is 0 Å². The number of carbonyl (C=O) groups is 1. The largest absolute Gasteiger partial charge is 0.328 e. The average Bonchev–Trinajstić information content (AvgIpc) is 3.11. The third-order valence-corrected chi connectivity index (χ3v) is 3.61. The predicted octanol–water partition coefficient (Wildman–Crippen LogP) is 2.22. The normalized spacial score (nSPS) is 21.6. The SMILES string of the molecule is Cc1ccccc1/C=C1/NC(=S)N(C2CC2)C1=O. The fourth-order valence-corrected chi connectivity index (χ4v) is 2.46. The molecule has 1 saturated carbocycles. The van der Waals surface area contributed by atoms with Gasteiger partial charge in [0.15, 0.2) is 5.11 Å². The van der Waals surface area contributed by atoms with Crippen LogP contribution in [0.1, 0.15) is 24.0 Å². The second-order valence-electron chi connectivity index (χ2n) is 4.75. The van der Waals surface area contributed by atoms with Crippen molar-refractivity contribution in [3.05, 3.63) is 41.1 Å². The average molecular weight is 258 g/mol. The Labute approximate surface area is 111 Å². The number of nitrogens with zero attached hydrogens (tertiary/aromatic N) is 1.